The fourth-order valence-electron chi connectivity index (χ4n) is 0.729. The van der Waals surface area contributed by atoms with Crippen LogP contribution in [-0.4, -0.2) is 17.2 Å². The summed E-state index contributed by atoms with van der Waals surface area (Å²) in [7, 11) is 10.8. The molecule has 0 aliphatic heterocycles. The molecule has 0 radical (unpaired) electrons. The van der Waals surface area contributed by atoms with E-state index in [2.05, 4.69) is 6.08 Å². The zero-order valence-electron chi connectivity index (χ0n) is 8.34. The van der Waals surface area contributed by atoms with Crippen molar-refractivity contribution in [3.63, 3.8) is 0 Å². The Balaban J connectivity index is 0.000000255. The van der Waals surface area contributed by atoms with E-state index < -0.39 is 22.6 Å². The van der Waals surface area contributed by atoms with Gasteiger partial charge in [0.1, 0.15) is 0 Å². The van der Waals surface area contributed by atoms with Crippen LogP contribution in [0.1, 0.15) is 20.3 Å². The number of hydrogen-bond acceptors (Lipinski definition) is 1. The summed E-state index contributed by atoms with van der Waals surface area (Å²) >= 11 is -1.71. The summed E-state index contributed by atoms with van der Waals surface area (Å²) in [6.07, 6.45) is 9.00. The van der Waals surface area contributed by atoms with Gasteiger partial charge in [-0.05, 0) is 12.3 Å². The summed E-state index contributed by atoms with van der Waals surface area (Å²) in [6, 6.07) is 0. The normalized spacial score (nSPS) is 15.0. The maximum atomic E-state index is 8.73. The van der Waals surface area contributed by atoms with Crippen LogP contribution in [0, 0.1) is 0 Å². The molecule has 0 aromatic carbocycles. The van der Waals surface area contributed by atoms with Gasteiger partial charge in [0.25, 0.3) is 0 Å². The zero-order valence-corrected chi connectivity index (χ0v) is 13.1. The molecule has 0 bridgehead atoms. The minimum atomic E-state index is -1.71. The topological polar surface area (TPSA) is 20.2 Å². The van der Waals surface area contributed by atoms with E-state index in [1.165, 1.54) is 4.09 Å². The Labute approximate surface area is 101 Å². The molecular formula is C9H16Cl2IrOP. The second-order valence-electron chi connectivity index (χ2n) is 2.53. The van der Waals surface area contributed by atoms with Crippen molar-refractivity contribution < 1.29 is 19.4 Å². The molecule has 1 nitrogen and oxygen atoms in total. The third-order valence-electron chi connectivity index (χ3n) is 1.60. The third kappa shape index (κ3) is 7.40. The van der Waals surface area contributed by atoms with E-state index in [0.29, 0.717) is 0 Å². The maximum absolute atomic E-state index is 8.73. The van der Waals surface area contributed by atoms with Crippen LogP contribution in [0.4, 0.5) is 0 Å². The SMILES string of the molecule is CCP(O)CC.[Cl][Ir]([Cl])[C]1=CC=CC1. The molecular weight excluding hydrogens is 418 g/mol. The van der Waals surface area contributed by atoms with Gasteiger partial charge in [-0.2, -0.15) is 0 Å². The van der Waals surface area contributed by atoms with Gasteiger partial charge in [-0.15, -0.1) is 0 Å². The van der Waals surface area contributed by atoms with E-state index in [-0.39, 0.29) is 0 Å². The van der Waals surface area contributed by atoms with Crippen molar-refractivity contribution in [2.24, 2.45) is 0 Å². The van der Waals surface area contributed by atoms with Crippen molar-refractivity contribution >= 4 is 27.3 Å². The number of allylic oxidation sites excluding steroid dienone is 4. The molecule has 0 amide bonds. The Morgan fingerprint density at radius 3 is 2.14 bits per heavy atom. The van der Waals surface area contributed by atoms with Gasteiger partial charge >= 0.3 is 62.4 Å². The first kappa shape index (κ1) is 15.1. The van der Waals surface area contributed by atoms with Crippen molar-refractivity contribution in [2.45, 2.75) is 20.3 Å². The Morgan fingerprint density at radius 1 is 1.43 bits per heavy atom. The van der Waals surface area contributed by atoms with Gasteiger partial charge in [-0.3, -0.25) is 0 Å². The van der Waals surface area contributed by atoms with Crippen molar-refractivity contribution in [2.75, 3.05) is 12.3 Å². The molecule has 1 N–H and O–H groups in total. The molecule has 0 heterocycles. The fourth-order valence-corrected chi connectivity index (χ4v) is 3.89. The Hall–Kier alpha value is 1.10. The number of halogens is 2. The molecule has 0 saturated heterocycles. The molecule has 1 aliphatic carbocycles. The standard InChI is InChI=1S/C5H5.C4H11OP.2ClH.Ir/c1-2-4-5-3-1;1-3-6(5)4-2;;;/h1-3H,4H2;5H,3-4H2,1-2H3;2*1H;/q;;;;+2/p-2. The second-order valence-corrected chi connectivity index (χ2v) is 12.8. The molecule has 0 spiro atoms. The molecule has 0 unspecified atom stereocenters. The summed E-state index contributed by atoms with van der Waals surface area (Å²) in [6.45, 7) is 4.02. The predicted octanol–water partition coefficient (Wildman–Crippen LogP) is 4.17. The molecule has 86 valence electrons. The minimum absolute atomic E-state index is 0.576. The molecule has 1 rings (SSSR count). The Morgan fingerprint density at radius 2 is 2.00 bits per heavy atom. The molecule has 0 aromatic rings. The van der Waals surface area contributed by atoms with E-state index in [9.17, 15) is 0 Å². The Kier molecular flexibility index (Phi) is 10.1. The summed E-state index contributed by atoms with van der Waals surface area (Å²) in [5.74, 6) is 0. The monoisotopic (exact) mass is 434 g/mol. The van der Waals surface area contributed by atoms with Gasteiger partial charge in [0, 0.05) is 8.15 Å². The van der Waals surface area contributed by atoms with Gasteiger partial charge in [-0.25, -0.2) is 0 Å². The third-order valence-corrected chi connectivity index (χ3v) is 7.76. The number of hydrogen-bond donors (Lipinski definition) is 1. The average Bonchev–Trinajstić information content (AvgIpc) is 2.70. The van der Waals surface area contributed by atoms with Gasteiger partial charge in [0.15, 0.2) is 0 Å². The van der Waals surface area contributed by atoms with Crippen LogP contribution in [0.15, 0.2) is 22.3 Å². The van der Waals surface area contributed by atoms with Crippen LogP contribution < -0.4 is 0 Å². The first-order valence-electron chi connectivity index (χ1n) is 4.38. The van der Waals surface area contributed by atoms with E-state index in [1.807, 2.05) is 26.0 Å². The van der Waals surface area contributed by atoms with Crippen LogP contribution in [0.3, 0.4) is 0 Å². The quantitative estimate of drug-likeness (QED) is 0.662. The van der Waals surface area contributed by atoms with Crippen molar-refractivity contribution in [3.8, 4) is 0 Å². The van der Waals surface area contributed by atoms with Crippen molar-refractivity contribution in [1.29, 1.82) is 0 Å². The van der Waals surface area contributed by atoms with E-state index in [1.54, 1.807) is 0 Å². The molecule has 0 fully saturated rings. The molecule has 0 saturated carbocycles. The molecule has 14 heavy (non-hydrogen) atoms. The summed E-state index contributed by atoms with van der Waals surface area (Å²) in [5, 5.41) is 0. The zero-order chi connectivity index (χ0) is 11.0. The molecule has 0 atom stereocenters. The van der Waals surface area contributed by atoms with Crippen LogP contribution in [0.2, 0.25) is 0 Å². The predicted molar refractivity (Wildman–Crippen MR) is 63.8 cm³/mol. The van der Waals surface area contributed by atoms with E-state index >= 15 is 0 Å². The van der Waals surface area contributed by atoms with E-state index in [0.717, 1.165) is 18.7 Å². The summed E-state index contributed by atoms with van der Waals surface area (Å²) in [4.78, 5) is 8.73. The van der Waals surface area contributed by atoms with Crippen LogP contribution in [-0.2, 0) is 14.5 Å². The van der Waals surface area contributed by atoms with Gasteiger partial charge < -0.3 is 4.89 Å². The summed E-state index contributed by atoms with van der Waals surface area (Å²) in [5.41, 5.74) is 0. The first-order chi connectivity index (χ1) is 6.61. The average molecular weight is 434 g/mol. The molecule has 0 aromatic heterocycles. The van der Waals surface area contributed by atoms with E-state index in [4.69, 9.17) is 24.1 Å². The van der Waals surface area contributed by atoms with Gasteiger partial charge in [0.05, 0.1) is 0 Å². The number of rotatable bonds is 3. The molecule has 5 heteroatoms. The van der Waals surface area contributed by atoms with Crippen molar-refractivity contribution in [3.05, 3.63) is 22.3 Å². The first-order valence-corrected chi connectivity index (χ1v) is 13.2. The fraction of sp³-hybridized carbons (Fsp3) is 0.556. The van der Waals surface area contributed by atoms with Gasteiger partial charge in [-0.1, -0.05) is 13.8 Å². The van der Waals surface area contributed by atoms with Crippen LogP contribution in [0.5, 0.6) is 0 Å². The van der Waals surface area contributed by atoms with Gasteiger partial charge in [0.2, 0.25) is 0 Å². The molecule has 1 aliphatic rings. The summed E-state index contributed by atoms with van der Waals surface area (Å²) < 4.78 is 1.26. The van der Waals surface area contributed by atoms with Crippen molar-refractivity contribution in [1.82, 2.24) is 0 Å². The second kappa shape index (κ2) is 9.33. The van der Waals surface area contributed by atoms with Crippen LogP contribution in [0.25, 0.3) is 0 Å². The van der Waals surface area contributed by atoms with Crippen LogP contribution >= 0.6 is 27.3 Å². The Bertz CT molecular complexity index is 203.